The first-order valence-corrected chi connectivity index (χ1v) is 22.2. The third-order valence-corrected chi connectivity index (χ3v) is 14.3. The fraction of sp³-hybridized carbons (Fsp3) is 0. The minimum absolute atomic E-state index is 0.125. The van der Waals surface area contributed by atoms with Gasteiger partial charge in [0.25, 0.3) is 0 Å². The Morgan fingerprint density at radius 2 is 0.833 bits per heavy atom. The molecule has 0 spiro atoms. The topological polar surface area (TPSA) is 110 Å². The van der Waals surface area contributed by atoms with Gasteiger partial charge in [0.2, 0.25) is 0 Å². The fourth-order valence-electron chi connectivity index (χ4n) is 10.5. The van der Waals surface area contributed by atoms with E-state index in [1.54, 1.807) is 23.5 Å². The zero-order valence-electron chi connectivity index (χ0n) is 34.8. The molecule has 0 radical (unpaired) electrons. The molecule has 8 heteroatoms. The first kappa shape index (κ1) is 37.1. The Bertz CT molecular complexity index is 4460. The highest BCUT2D eigenvalue weighted by Crippen LogP contribution is 2.46. The minimum Gasteiger partial charge on any atom is -0.309 e. The predicted molar refractivity (Wildman–Crippen MR) is 267 cm³/mol. The average molecular weight is 856 g/mol. The standard InChI is InChI=1S/C58H29N7S/c59-30-34-26-37(63-49-19-9-5-15-41(49)55-51(63)24-25-54-57(55)43-17-7-11-21-53(43)66-54)28-44(46(34)32-61)45-29-38(27-35(31-60)47(45)33-62)64-50-20-10-6-16-42(50)56-52(64)23-22-40-39-14-4-8-18-48(39)65(58(40)56)36-12-2-1-3-13-36/h1-29H. The molecule has 0 aliphatic rings. The SMILES string of the molecule is N#Cc1cc(-n2c3ccccc3c3c4c(ccc32)sc2ccccc24)cc(-c2cc(-n3c4ccccc4c4c3ccc3c5ccccc5n(-c5ccccc5)c34)cc(C#N)c2C#N)c1C#N. The van der Waals surface area contributed by atoms with E-state index >= 15 is 0 Å². The van der Waals surface area contributed by atoms with E-state index in [0.717, 1.165) is 71.1 Å². The van der Waals surface area contributed by atoms with E-state index < -0.39 is 0 Å². The second kappa shape index (κ2) is 14.0. The van der Waals surface area contributed by atoms with Gasteiger partial charge in [0, 0.05) is 80.7 Å². The summed E-state index contributed by atoms with van der Waals surface area (Å²) in [7, 11) is 0. The maximum Gasteiger partial charge on any atom is 0.101 e. The van der Waals surface area contributed by atoms with Crippen LogP contribution in [0.4, 0.5) is 0 Å². The molecule has 7 nitrogen and oxygen atoms in total. The predicted octanol–water partition coefficient (Wildman–Crippen LogP) is 14.5. The number of nitriles is 4. The van der Waals surface area contributed by atoms with Gasteiger partial charge in [0.1, 0.15) is 24.3 Å². The molecule has 0 bridgehead atoms. The molecular formula is C58H29N7S. The van der Waals surface area contributed by atoms with E-state index in [9.17, 15) is 21.0 Å². The van der Waals surface area contributed by atoms with Crippen molar-refractivity contribution in [2.75, 3.05) is 0 Å². The number of hydrogen-bond donors (Lipinski definition) is 0. The summed E-state index contributed by atoms with van der Waals surface area (Å²) >= 11 is 1.76. The second-order valence-electron chi connectivity index (χ2n) is 16.5. The van der Waals surface area contributed by atoms with Gasteiger partial charge in [0.05, 0.1) is 55.4 Å². The number of benzene rings is 9. The van der Waals surface area contributed by atoms with Crippen LogP contribution in [0.3, 0.4) is 0 Å². The Kier molecular flexibility index (Phi) is 7.90. The van der Waals surface area contributed by atoms with Crippen LogP contribution in [0.1, 0.15) is 22.3 Å². The number of fused-ring (bicyclic) bond motifs is 14. The molecule has 302 valence electrons. The summed E-state index contributed by atoms with van der Waals surface area (Å²) in [6, 6.07) is 69.0. The normalized spacial score (nSPS) is 11.6. The van der Waals surface area contributed by atoms with Gasteiger partial charge in [-0.3, -0.25) is 0 Å². The first-order valence-electron chi connectivity index (χ1n) is 21.4. The van der Waals surface area contributed by atoms with Crippen LogP contribution in [0.2, 0.25) is 0 Å². The molecule has 9 aromatic carbocycles. The lowest BCUT2D eigenvalue weighted by atomic mass is 9.90. The molecule has 0 saturated carbocycles. The van der Waals surface area contributed by atoms with Crippen molar-refractivity contribution in [2.45, 2.75) is 0 Å². The largest absolute Gasteiger partial charge is 0.309 e. The molecule has 0 amide bonds. The quantitative estimate of drug-likeness (QED) is 0.175. The van der Waals surface area contributed by atoms with E-state index in [2.05, 4.69) is 159 Å². The van der Waals surface area contributed by atoms with Crippen molar-refractivity contribution in [3.8, 4) is 52.5 Å². The van der Waals surface area contributed by atoms with Crippen LogP contribution in [0, 0.1) is 45.3 Å². The molecular weight excluding hydrogens is 827 g/mol. The minimum atomic E-state index is 0.125. The van der Waals surface area contributed by atoms with Crippen molar-refractivity contribution in [3.05, 3.63) is 198 Å². The van der Waals surface area contributed by atoms with Crippen molar-refractivity contribution >= 4 is 96.9 Å². The number of rotatable bonds is 4. The number of para-hydroxylation sites is 4. The van der Waals surface area contributed by atoms with E-state index in [1.807, 2.05) is 42.5 Å². The summed E-state index contributed by atoms with van der Waals surface area (Å²) in [5.74, 6) is 0. The number of nitrogens with zero attached hydrogens (tertiary/aromatic N) is 7. The van der Waals surface area contributed by atoms with Crippen LogP contribution < -0.4 is 0 Å². The third kappa shape index (κ3) is 5.02. The Morgan fingerprint density at radius 1 is 0.333 bits per heavy atom. The Balaban J connectivity index is 1.12. The Hall–Kier alpha value is -9.44. The summed E-state index contributed by atoms with van der Waals surface area (Å²) in [6.45, 7) is 0. The maximum atomic E-state index is 10.9. The second-order valence-corrected chi connectivity index (χ2v) is 17.5. The summed E-state index contributed by atoms with van der Waals surface area (Å²) in [4.78, 5) is 0. The molecule has 4 aromatic heterocycles. The highest BCUT2D eigenvalue weighted by molar-refractivity contribution is 7.26. The van der Waals surface area contributed by atoms with Crippen molar-refractivity contribution in [1.29, 1.82) is 21.0 Å². The van der Waals surface area contributed by atoms with Gasteiger partial charge in [-0.25, -0.2) is 0 Å². The lowest BCUT2D eigenvalue weighted by Gasteiger charge is -2.17. The lowest BCUT2D eigenvalue weighted by molar-refractivity contribution is 1.16. The summed E-state index contributed by atoms with van der Waals surface area (Å²) < 4.78 is 8.99. The van der Waals surface area contributed by atoms with Crippen molar-refractivity contribution in [3.63, 3.8) is 0 Å². The first-order chi connectivity index (χ1) is 32.6. The van der Waals surface area contributed by atoms with E-state index in [0.29, 0.717) is 22.5 Å². The van der Waals surface area contributed by atoms with Crippen LogP contribution in [0.25, 0.3) is 114 Å². The van der Waals surface area contributed by atoms with Crippen molar-refractivity contribution in [1.82, 2.24) is 13.7 Å². The lowest BCUT2D eigenvalue weighted by Crippen LogP contribution is -2.03. The number of thiophene rings is 1. The Labute approximate surface area is 380 Å². The summed E-state index contributed by atoms with van der Waals surface area (Å²) in [6.07, 6.45) is 0. The van der Waals surface area contributed by atoms with Crippen LogP contribution in [-0.4, -0.2) is 13.7 Å². The number of aromatic nitrogens is 3. The molecule has 0 N–H and O–H groups in total. The fourth-order valence-corrected chi connectivity index (χ4v) is 11.7. The third-order valence-electron chi connectivity index (χ3n) is 13.2. The zero-order valence-corrected chi connectivity index (χ0v) is 35.6. The molecule has 66 heavy (non-hydrogen) atoms. The monoisotopic (exact) mass is 855 g/mol. The molecule has 0 unspecified atom stereocenters. The van der Waals surface area contributed by atoms with Gasteiger partial charge in [-0.1, -0.05) is 97.1 Å². The molecule has 0 aliphatic carbocycles. The molecule has 0 atom stereocenters. The summed E-state index contributed by atoms with van der Waals surface area (Å²) in [5.41, 5.74) is 9.54. The van der Waals surface area contributed by atoms with Crippen LogP contribution >= 0.6 is 11.3 Å². The van der Waals surface area contributed by atoms with E-state index in [-0.39, 0.29) is 22.3 Å². The van der Waals surface area contributed by atoms with Gasteiger partial charge in [-0.15, -0.1) is 11.3 Å². The molecule has 4 heterocycles. The molecule has 13 rings (SSSR count). The van der Waals surface area contributed by atoms with E-state index in [4.69, 9.17) is 0 Å². The molecule has 13 aromatic rings. The van der Waals surface area contributed by atoms with E-state index in [1.165, 1.54) is 20.2 Å². The van der Waals surface area contributed by atoms with Gasteiger partial charge in [0.15, 0.2) is 0 Å². The average Bonchev–Trinajstić information content (AvgIpc) is 4.12. The number of hydrogen-bond acceptors (Lipinski definition) is 5. The highest BCUT2D eigenvalue weighted by Gasteiger charge is 2.25. The molecule has 0 saturated heterocycles. The van der Waals surface area contributed by atoms with Crippen molar-refractivity contribution < 1.29 is 0 Å². The maximum absolute atomic E-state index is 10.9. The summed E-state index contributed by atoms with van der Waals surface area (Å²) in [5, 5.41) is 52.2. The Morgan fingerprint density at radius 3 is 1.44 bits per heavy atom. The zero-order chi connectivity index (χ0) is 44.2. The van der Waals surface area contributed by atoms with Gasteiger partial charge in [-0.05, 0) is 78.9 Å². The molecule has 0 aliphatic heterocycles. The van der Waals surface area contributed by atoms with Crippen LogP contribution in [0.15, 0.2) is 176 Å². The highest BCUT2D eigenvalue weighted by atomic mass is 32.1. The molecule has 0 fully saturated rings. The van der Waals surface area contributed by atoms with Crippen LogP contribution in [-0.2, 0) is 0 Å². The van der Waals surface area contributed by atoms with Crippen LogP contribution in [0.5, 0.6) is 0 Å². The smallest absolute Gasteiger partial charge is 0.101 e. The van der Waals surface area contributed by atoms with Gasteiger partial charge in [-0.2, -0.15) is 21.0 Å². The van der Waals surface area contributed by atoms with Gasteiger partial charge < -0.3 is 13.7 Å². The van der Waals surface area contributed by atoms with Gasteiger partial charge >= 0.3 is 0 Å². The van der Waals surface area contributed by atoms with Crippen molar-refractivity contribution in [2.24, 2.45) is 0 Å².